The lowest BCUT2D eigenvalue weighted by Gasteiger charge is -2.28. The van der Waals surface area contributed by atoms with Gasteiger partial charge in [0.2, 0.25) is 0 Å². The van der Waals surface area contributed by atoms with Gasteiger partial charge >= 0.3 is 0 Å². The highest BCUT2D eigenvalue weighted by atomic mass is 79.9. The highest BCUT2D eigenvalue weighted by Gasteiger charge is 2.23. The lowest BCUT2D eigenvalue weighted by molar-refractivity contribution is 0.373. The third kappa shape index (κ3) is 2.88. The predicted molar refractivity (Wildman–Crippen MR) is 74.3 cm³/mol. The van der Waals surface area contributed by atoms with Crippen LogP contribution < -0.4 is 0 Å². The molecule has 2 unspecified atom stereocenters. The van der Waals surface area contributed by atoms with E-state index in [-0.39, 0.29) is 0 Å². The van der Waals surface area contributed by atoms with E-state index in [0.717, 1.165) is 10.7 Å². The Bertz CT molecular complexity index is 356. The molecule has 0 aliphatic heterocycles. The van der Waals surface area contributed by atoms with E-state index < -0.39 is 0 Å². The van der Waals surface area contributed by atoms with Gasteiger partial charge in [-0.05, 0) is 50.2 Å². The topological polar surface area (TPSA) is 0 Å². The van der Waals surface area contributed by atoms with Crippen LogP contribution in [0.1, 0.15) is 42.4 Å². The maximum Gasteiger partial charge on any atom is 0.0177 e. The van der Waals surface area contributed by atoms with Gasteiger partial charge in [-0.15, -0.1) is 0 Å². The number of aryl methyl sites for hydroxylation is 2. The molecule has 0 spiro atoms. The summed E-state index contributed by atoms with van der Waals surface area (Å²) in [5.41, 5.74) is 4.40. The molecule has 0 aromatic heterocycles. The van der Waals surface area contributed by atoms with Gasteiger partial charge in [-0.2, -0.15) is 0 Å². The molecule has 0 heterocycles. The lowest BCUT2D eigenvalue weighted by atomic mass is 9.83. The Labute approximate surface area is 108 Å². The van der Waals surface area contributed by atoms with E-state index in [4.69, 9.17) is 0 Å². The molecule has 1 saturated carbocycles. The van der Waals surface area contributed by atoms with E-state index in [1.165, 1.54) is 43.2 Å². The van der Waals surface area contributed by atoms with E-state index >= 15 is 0 Å². The van der Waals surface area contributed by atoms with E-state index in [1.807, 2.05) is 0 Å². The zero-order chi connectivity index (χ0) is 11.5. The zero-order valence-corrected chi connectivity index (χ0v) is 11.9. The number of hydrogen-bond acceptors (Lipinski definition) is 0. The van der Waals surface area contributed by atoms with Gasteiger partial charge in [-0.1, -0.05) is 52.5 Å². The van der Waals surface area contributed by atoms with Crippen LogP contribution in [0, 0.1) is 19.8 Å². The molecular weight excluding hydrogens is 260 g/mol. The molecule has 16 heavy (non-hydrogen) atoms. The maximum atomic E-state index is 3.86. The molecule has 2 atom stereocenters. The normalized spacial score (nSPS) is 25.7. The van der Waals surface area contributed by atoms with Crippen molar-refractivity contribution >= 4 is 15.9 Å². The van der Waals surface area contributed by atoms with E-state index in [0.29, 0.717) is 0 Å². The van der Waals surface area contributed by atoms with Crippen LogP contribution in [0.3, 0.4) is 0 Å². The number of rotatable bonds is 2. The SMILES string of the molecule is Cc1ccc(C)c(CC2CCCCC2Br)c1. The first-order valence-corrected chi connectivity index (χ1v) is 7.28. The minimum Gasteiger partial charge on any atom is -0.0888 e. The first-order valence-electron chi connectivity index (χ1n) is 6.37. The maximum absolute atomic E-state index is 3.86. The highest BCUT2D eigenvalue weighted by molar-refractivity contribution is 9.09. The Balaban J connectivity index is 2.10. The zero-order valence-electron chi connectivity index (χ0n) is 10.3. The van der Waals surface area contributed by atoms with Gasteiger partial charge in [-0.25, -0.2) is 0 Å². The molecule has 0 bridgehead atoms. The molecule has 0 saturated heterocycles. The summed E-state index contributed by atoms with van der Waals surface area (Å²) in [5, 5.41) is 0. The van der Waals surface area contributed by atoms with Crippen molar-refractivity contribution in [3.05, 3.63) is 34.9 Å². The fraction of sp³-hybridized carbons (Fsp3) is 0.600. The molecular formula is C15H21Br. The molecule has 0 nitrogen and oxygen atoms in total. The highest BCUT2D eigenvalue weighted by Crippen LogP contribution is 2.33. The van der Waals surface area contributed by atoms with Crippen molar-refractivity contribution in [3.8, 4) is 0 Å². The summed E-state index contributed by atoms with van der Waals surface area (Å²) in [6.45, 7) is 4.43. The van der Waals surface area contributed by atoms with Crippen molar-refractivity contribution in [1.29, 1.82) is 0 Å². The summed E-state index contributed by atoms with van der Waals surface area (Å²) in [6.07, 6.45) is 6.82. The molecule has 88 valence electrons. The Hall–Kier alpha value is -0.300. The summed E-state index contributed by atoms with van der Waals surface area (Å²) < 4.78 is 0. The van der Waals surface area contributed by atoms with Crippen molar-refractivity contribution in [2.75, 3.05) is 0 Å². The third-order valence-corrected chi connectivity index (χ3v) is 5.01. The summed E-state index contributed by atoms with van der Waals surface area (Å²) in [6, 6.07) is 6.84. The van der Waals surface area contributed by atoms with Gasteiger partial charge in [0.25, 0.3) is 0 Å². The summed E-state index contributed by atoms with van der Waals surface area (Å²) in [5.74, 6) is 0.842. The van der Waals surface area contributed by atoms with Crippen LogP contribution >= 0.6 is 15.9 Å². The second-order valence-electron chi connectivity index (χ2n) is 5.19. The first-order chi connectivity index (χ1) is 7.66. The van der Waals surface area contributed by atoms with Crippen LogP contribution in [0.4, 0.5) is 0 Å². The molecule has 0 amide bonds. The van der Waals surface area contributed by atoms with Gasteiger partial charge in [0.15, 0.2) is 0 Å². The number of benzene rings is 1. The Kier molecular flexibility index (Phi) is 4.07. The van der Waals surface area contributed by atoms with Gasteiger partial charge in [-0.3, -0.25) is 0 Å². The summed E-state index contributed by atoms with van der Waals surface area (Å²) in [4.78, 5) is 0.737. The van der Waals surface area contributed by atoms with Crippen molar-refractivity contribution in [2.45, 2.75) is 50.8 Å². The molecule has 1 aromatic rings. The van der Waals surface area contributed by atoms with E-state index in [9.17, 15) is 0 Å². The summed E-state index contributed by atoms with van der Waals surface area (Å²) in [7, 11) is 0. The Morgan fingerprint density at radius 1 is 1.19 bits per heavy atom. The van der Waals surface area contributed by atoms with Crippen molar-refractivity contribution in [3.63, 3.8) is 0 Å². The predicted octanol–water partition coefficient (Wildman–Crippen LogP) is 4.80. The number of alkyl halides is 1. The van der Waals surface area contributed by atoms with Crippen LogP contribution in [-0.2, 0) is 6.42 Å². The molecule has 0 radical (unpaired) electrons. The van der Waals surface area contributed by atoms with Crippen LogP contribution in [0.5, 0.6) is 0 Å². The standard InChI is InChI=1S/C15H21Br/c1-11-7-8-12(2)14(9-11)10-13-5-3-4-6-15(13)16/h7-9,13,15H,3-6,10H2,1-2H3. The van der Waals surface area contributed by atoms with Gasteiger partial charge < -0.3 is 0 Å². The largest absolute Gasteiger partial charge is 0.0888 e. The van der Waals surface area contributed by atoms with Crippen molar-refractivity contribution < 1.29 is 0 Å². The Morgan fingerprint density at radius 2 is 1.94 bits per heavy atom. The molecule has 2 rings (SSSR count). The molecule has 1 fully saturated rings. The minimum absolute atomic E-state index is 0.737. The first kappa shape index (κ1) is 12.2. The average molecular weight is 281 g/mol. The average Bonchev–Trinajstić information content (AvgIpc) is 2.27. The van der Waals surface area contributed by atoms with Crippen molar-refractivity contribution in [2.24, 2.45) is 5.92 Å². The molecule has 1 aromatic carbocycles. The monoisotopic (exact) mass is 280 g/mol. The number of hydrogen-bond donors (Lipinski definition) is 0. The van der Waals surface area contributed by atoms with Crippen molar-refractivity contribution in [1.82, 2.24) is 0 Å². The van der Waals surface area contributed by atoms with Crippen LogP contribution in [0.25, 0.3) is 0 Å². The molecule has 1 heteroatoms. The van der Waals surface area contributed by atoms with Gasteiger partial charge in [0, 0.05) is 4.83 Å². The van der Waals surface area contributed by atoms with Crippen LogP contribution in [0.15, 0.2) is 18.2 Å². The second-order valence-corrected chi connectivity index (χ2v) is 6.37. The summed E-state index contributed by atoms with van der Waals surface area (Å²) >= 11 is 3.86. The fourth-order valence-corrected chi connectivity index (χ4v) is 3.47. The molecule has 1 aliphatic carbocycles. The van der Waals surface area contributed by atoms with Gasteiger partial charge in [0.1, 0.15) is 0 Å². The molecule has 0 N–H and O–H groups in total. The quantitative estimate of drug-likeness (QED) is 0.683. The lowest BCUT2D eigenvalue weighted by Crippen LogP contribution is -2.21. The fourth-order valence-electron chi connectivity index (χ4n) is 2.69. The second kappa shape index (κ2) is 5.35. The van der Waals surface area contributed by atoms with E-state index in [2.05, 4.69) is 48.0 Å². The Morgan fingerprint density at radius 3 is 2.69 bits per heavy atom. The van der Waals surface area contributed by atoms with E-state index in [1.54, 1.807) is 5.56 Å². The number of halogens is 1. The third-order valence-electron chi connectivity index (χ3n) is 3.80. The molecule has 1 aliphatic rings. The minimum atomic E-state index is 0.737. The van der Waals surface area contributed by atoms with Gasteiger partial charge in [0.05, 0.1) is 0 Å². The van der Waals surface area contributed by atoms with Crippen LogP contribution in [0.2, 0.25) is 0 Å². The smallest absolute Gasteiger partial charge is 0.0177 e. The van der Waals surface area contributed by atoms with Crippen LogP contribution in [-0.4, -0.2) is 4.83 Å².